The molecule has 0 atom stereocenters. The van der Waals surface area contributed by atoms with Crippen molar-refractivity contribution in [1.82, 2.24) is 14.1 Å². The van der Waals surface area contributed by atoms with Gasteiger partial charge in [0.1, 0.15) is 5.60 Å². The molecule has 1 aliphatic rings. The number of guanidine groups is 1. The number of amides is 1. The summed E-state index contributed by atoms with van der Waals surface area (Å²) in [5.74, 6) is 0.402. The molecular weight excluding hydrogens is 394 g/mol. The second-order valence-electron chi connectivity index (χ2n) is 8.06. The third kappa shape index (κ3) is 6.33. The second kappa shape index (κ2) is 9.00. The zero-order valence-corrected chi connectivity index (χ0v) is 18.6. The van der Waals surface area contributed by atoms with Crippen LogP contribution in [0, 0.1) is 0 Å². The minimum absolute atomic E-state index is 0.237. The summed E-state index contributed by atoms with van der Waals surface area (Å²) < 4.78 is 30.8. The molecule has 1 amide bonds. The zero-order chi connectivity index (χ0) is 21.8. The van der Waals surface area contributed by atoms with Crippen molar-refractivity contribution in [3.8, 4) is 0 Å². The maximum Gasteiger partial charge on any atom is 0.410 e. The lowest BCUT2D eigenvalue weighted by Gasteiger charge is -2.36. The van der Waals surface area contributed by atoms with Crippen LogP contribution in [0.4, 0.5) is 4.79 Å². The van der Waals surface area contributed by atoms with E-state index in [2.05, 4.69) is 4.99 Å². The van der Waals surface area contributed by atoms with Crippen LogP contribution in [0.3, 0.4) is 0 Å². The van der Waals surface area contributed by atoms with E-state index in [1.165, 1.54) is 18.4 Å². The number of hydrogen-bond donors (Lipinski definition) is 1. The number of piperazine rings is 1. The number of benzene rings is 1. The van der Waals surface area contributed by atoms with Crippen LogP contribution in [-0.4, -0.2) is 80.5 Å². The van der Waals surface area contributed by atoms with Gasteiger partial charge in [-0.2, -0.15) is 0 Å². The van der Waals surface area contributed by atoms with Crippen LogP contribution in [0.15, 0.2) is 34.2 Å². The topological polar surface area (TPSA) is 109 Å². The monoisotopic (exact) mass is 425 g/mol. The number of rotatable bonds is 4. The Morgan fingerprint density at radius 2 is 1.62 bits per heavy atom. The van der Waals surface area contributed by atoms with Crippen molar-refractivity contribution in [2.45, 2.75) is 37.8 Å². The molecule has 0 aromatic heterocycles. The Labute approximate surface area is 173 Å². The van der Waals surface area contributed by atoms with Crippen molar-refractivity contribution in [1.29, 1.82) is 0 Å². The van der Waals surface area contributed by atoms with E-state index < -0.39 is 15.6 Å². The van der Waals surface area contributed by atoms with Gasteiger partial charge in [0.05, 0.1) is 11.4 Å². The molecule has 1 aromatic carbocycles. The van der Waals surface area contributed by atoms with Crippen LogP contribution in [0.25, 0.3) is 0 Å². The zero-order valence-electron chi connectivity index (χ0n) is 17.8. The maximum absolute atomic E-state index is 12.1. The molecule has 2 N–H and O–H groups in total. The highest BCUT2D eigenvalue weighted by Crippen LogP contribution is 2.15. The first-order chi connectivity index (χ1) is 13.4. The summed E-state index contributed by atoms with van der Waals surface area (Å²) in [5, 5.41) is 0. The van der Waals surface area contributed by atoms with E-state index in [0.29, 0.717) is 38.7 Å². The van der Waals surface area contributed by atoms with E-state index in [9.17, 15) is 13.2 Å². The van der Waals surface area contributed by atoms with E-state index in [0.717, 1.165) is 5.56 Å². The molecule has 10 heteroatoms. The fourth-order valence-corrected chi connectivity index (χ4v) is 3.60. The third-order valence-electron chi connectivity index (χ3n) is 4.38. The fourth-order valence-electron chi connectivity index (χ4n) is 2.69. The second-order valence-corrected chi connectivity index (χ2v) is 10.2. The van der Waals surface area contributed by atoms with Crippen molar-refractivity contribution in [2.75, 3.05) is 40.3 Å². The summed E-state index contributed by atoms with van der Waals surface area (Å²) in [4.78, 5) is 20.3. The van der Waals surface area contributed by atoms with E-state index >= 15 is 0 Å². The molecule has 1 fully saturated rings. The lowest BCUT2D eigenvalue weighted by atomic mass is 10.2. The van der Waals surface area contributed by atoms with Gasteiger partial charge in [-0.1, -0.05) is 12.1 Å². The molecule has 2 rings (SSSR count). The van der Waals surface area contributed by atoms with Crippen molar-refractivity contribution in [2.24, 2.45) is 10.7 Å². The van der Waals surface area contributed by atoms with Crippen molar-refractivity contribution >= 4 is 22.1 Å². The van der Waals surface area contributed by atoms with E-state index in [4.69, 9.17) is 10.5 Å². The van der Waals surface area contributed by atoms with Crippen LogP contribution >= 0.6 is 0 Å². The molecule has 1 aliphatic heterocycles. The Kier molecular flexibility index (Phi) is 7.12. The average molecular weight is 426 g/mol. The highest BCUT2D eigenvalue weighted by Gasteiger charge is 2.26. The van der Waals surface area contributed by atoms with E-state index in [1.54, 1.807) is 29.2 Å². The number of nitrogens with two attached hydrogens (primary N) is 1. The first-order valence-electron chi connectivity index (χ1n) is 9.44. The van der Waals surface area contributed by atoms with Crippen LogP contribution < -0.4 is 5.73 Å². The summed E-state index contributed by atoms with van der Waals surface area (Å²) in [7, 11) is -0.450. The SMILES string of the molecule is CN(C)S(=O)(=O)c1ccc(CN=C(N)N2CCN(C(=O)OC(C)(C)C)CC2)cc1. The molecule has 0 unspecified atom stereocenters. The number of nitrogens with zero attached hydrogens (tertiary/aromatic N) is 4. The molecular formula is C19H31N5O4S. The first-order valence-corrected chi connectivity index (χ1v) is 10.9. The van der Waals surface area contributed by atoms with Gasteiger partial charge < -0.3 is 20.3 Å². The van der Waals surface area contributed by atoms with E-state index in [-0.39, 0.29) is 11.0 Å². The van der Waals surface area contributed by atoms with Gasteiger partial charge in [-0.3, -0.25) is 0 Å². The van der Waals surface area contributed by atoms with Gasteiger partial charge in [0.25, 0.3) is 0 Å². The van der Waals surface area contributed by atoms with Crippen molar-refractivity contribution in [3.05, 3.63) is 29.8 Å². The van der Waals surface area contributed by atoms with Gasteiger partial charge in [-0.05, 0) is 38.5 Å². The lowest BCUT2D eigenvalue weighted by molar-refractivity contribution is 0.0186. The third-order valence-corrected chi connectivity index (χ3v) is 6.21. The molecule has 1 saturated heterocycles. The molecule has 162 valence electrons. The summed E-state index contributed by atoms with van der Waals surface area (Å²) in [5.41, 5.74) is 6.44. The summed E-state index contributed by atoms with van der Waals surface area (Å²) >= 11 is 0. The van der Waals surface area contributed by atoms with Crippen molar-refractivity contribution < 1.29 is 17.9 Å². The normalized spacial score (nSPS) is 16.3. The minimum Gasteiger partial charge on any atom is -0.444 e. The lowest BCUT2D eigenvalue weighted by Crippen LogP contribution is -2.53. The molecule has 9 nitrogen and oxygen atoms in total. The standard InChI is InChI=1S/C19H31N5O4S/c1-19(2,3)28-18(25)24-12-10-23(11-13-24)17(20)21-14-15-6-8-16(9-7-15)29(26,27)22(4)5/h6-9H,10-14H2,1-5H3,(H2,20,21). The quantitative estimate of drug-likeness (QED) is 0.575. The smallest absolute Gasteiger partial charge is 0.410 e. The average Bonchev–Trinajstić information content (AvgIpc) is 2.65. The summed E-state index contributed by atoms with van der Waals surface area (Å²) in [6.07, 6.45) is -0.319. The van der Waals surface area contributed by atoms with E-state index in [1.807, 2.05) is 25.7 Å². The molecule has 29 heavy (non-hydrogen) atoms. The van der Waals surface area contributed by atoms with Gasteiger partial charge in [-0.25, -0.2) is 22.5 Å². The van der Waals surface area contributed by atoms with Gasteiger partial charge in [0.15, 0.2) is 5.96 Å². The number of hydrogen-bond acceptors (Lipinski definition) is 5. The molecule has 0 saturated carbocycles. The number of carbonyl (C=O) groups is 1. The molecule has 1 heterocycles. The van der Waals surface area contributed by atoms with Crippen LogP contribution in [0.2, 0.25) is 0 Å². The van der Waals surface area contributed by atoms with Crippen LogP contribution in [0.1, 0.15) is 26.3 Å². The van der Waals surface area contributed by atoms with Gasteiger partial charge >= 0.3 is 6.09 Å². The Hall–Kier alpha value is -2.33. The van der Waals surface area contributed by atoms with Crippen LogP contribution in [0.5, 0.6) is 0 Å². The van der Waals surface area contributed by atoms with Gasteiger partial charge in [-0.15, -0.1) is 0 Å². The predicted molar refractivity (Wildman–Crippen MR) is 112 cm³/mol. The minimum atomic E-state index is -3.44. The Morgan fingerprint density at radius 3 is 2.10 bits per heavy atom. The maximum atomic E-state index is 12.1. The number of ether oxygens (including phenoxy) is 1. The van der Waals surface area contributed by atoms with Crippen molar-refractivity contribution in [3.63, 3.8) is 0 Å². The molecule has 0 aliphatic carbocycles. The predicted octanol–water partition coefficient (Wildman–Crippen LogP) is 1.30. The Bertz CT molecular complexity index is 836. The van der Waals surface area contributed by atoms with Crippen LogP contribution in [-0.2, 0) is 21.3 Å². The first kappa shape index (κ1) is 23.0. The highest BCUT2D eigenvalue weighted by molar-refractivity contribution is 7.89. The fraction of sp³-hybridized carbons (Fsp3) is 0.579. The number of aliphatic imine (C=N–C) groups is 1. The molecule has 0 radical (unpaired) electrons. The molecule has 0 spiro atoms. The molecule has 1 aromatic rings. The number of carbonyl (C=O) groups excluding carboxylic acids is 1. The van der Waals surface area contributed by atoms with Gasteiger partial charge in [0.2, 0.25) is 10.0 Å². The largest absolute Gasteiger partial charge is 0.444 e. The Balaban J connectivity index is 1.90. The summed E-state index contributed by atoms with van der Waals surface area (Å²) in [6.45, 7) is 8.06. The Morgan fingerprint density at radius 1 is 1.10 bits per heavy atom. The number of sulfonamides is 1. The van der Waals surface area contributed by atoms with Gasteiger partial charge in [0, 0.05) is 40.3 Å². The summed E-state index contributed by atoms with van der Waals surface area (Å²) in [6, 6.07) is 6.59. The highest BCUT2D eigenvalue weighted by atomic mass is 32.2. The molecule has 0 bridgehead atoms.